The van der Waals surface area contributed by atoms with Crippen LogP contribution in [0, 0.1) is 13.8 Å². The lowest BCUT2D eigenvalue weighted by Crippen LogP contribution is -2.33. The van der Waals surface area contributed by atoms with E-state index in [1.54, 1.807) is 44.9 Å². The second-order valence-electron chi connectivity index (χ2n) is 9.05. The van der Waals surface area contributed by atoms with Gasteiger partial charge in [-0.15, -0.1) is 0 Å². The summed E-state index contributed by atoms with van der Waals surface area (Å²) in [5, 5.41) is 2.61. The van der Waals surface area contributed by atoms with Gasteiger partial charge in [0.1, 0.15) is 18.2 Å². The molecule has 1 aliphatic rings. The van der Waals surface area contributed by atoms with E-state index in [9.17, 15) is 13.2 Å². The smallest absolute Gasteiger partial charge is 0.248 e. The number of amidine groups is 1. The number of aliphatic imine (C=N–C) groups is 1. The normalized spacial score (nSPS) is 14.2. The summed E-state index contributed by atoms with van der Waals surface area (Å²) in [5.41, 5.74) is 3.39. The number of sulfone groups is 1. The first-order valence-corrected chi connectivity index (χ1v) is 13.8. The molecule has 1 aliphatic heterocycles. The van der Waals surface area contributed by atoms with Crippen LogP contribution < -0.4 is 10.1 Å². The summed E-state index contributed by atoms with van der Waals surface area (Å²) < 4.78 is 37.2. The molecule has 2 aromatic rings. The molecule has 0 spiro atoms. The van der Waals surface area contributed by atoms with Crippen LogP contribution in [0.5, 0.6) is 5.75 Å². The van der Waals surface area contributed by atoms with Crippen LogP contribution in [0.3, 0.4) is 0 Å². The summed E-state index contributed by atoms with van der Waals surface area (Å²) in [7, 11) is -1.98. The van der Waals surface area contributed by atoms with E-state index in [4.69, 9.17) is 9.47 Å². The highest BCUT2D eigenvalue weighted by Gasteiger charge is 2.27. The predicted molar refractivity (Wildman–Crippen MR) is 141 cm³/mol. The molecule has 36 heavy (non-hydrogen) atoms. The fourth-order valence-electron chi connectivity index (χ4n) is 4.29. The number of methoxy groups -OCH3 is 1. The monoisotopic (exact) mass is 515 g/mol. The first-order chi connectivity index (χ1) is 17.2. The van der Waals surface area contributed by atoms with Gasteiger partial charge in [0, 0.05) is 31.8 Å². The fraction of sp³-hybridized carbons (Fsp3) is 0.481. The van der Waals surface area contributed by atoms with Crippen molar-refractivity contribution in [1.82, 2.24) is 10.2 Å². The van der Waals surface area contributed by atoms with Gasteiger partial charge in [-0.2, -0.15) is 0 Å². The van der Waals surface area contributed by atoms with Crippen LogP contribution >= 0.6 is 0 Å². The molecule has 1 amide bonds. The van der Waals surface area contributed by atoms with Gasteiger partial charge in [0.15, 0.2) is 9.84 Å². The van der Waals surface area contributed by atoms with Crippen molar-refractivity contribution in [3.63, 3.8) is 0 Å². The maximum Gasteiger partial charge on any atom is 0.248 e. The number of carbonyl (C=O) groups excluding carboxylic acids is 1. The lowest BCUT2D eigenvalue weighted by Gasteiger charge is -2.21. The lowest BCUT2D eigenvalue weighted by atomic mass is 10.1. The number of amides is 1. The van der Waals surface area contributed by atoms with Crippen LogP contribution in [0.25, 0.3) is 0 Å². The zero-order chi connectivity index (χ0) is 26.3. The van der Waals surface area contributed by atoms with Crippen molar-refractivity contribution in [3.05, 3.63) is 58.7 Å². The van der Waals surface area contributed by atoms with E-state index in [2.05, 4.69) is 10.3 Å². The van der Waals surface area contributed by atoms with Crippen LogP contribution in [0.4, 0.5) is 0 Å². The Labute approximate surface area is 214 Å². The molecule has 196 valence electrons. The Hall–Kier alpha value is -2.91. The molecule has 0 bridgehead atoms. The Balaban J connectivity index is 1.50. The molecule has 2 aromatic carbocycles. The Kier molecular flexibility index (Phi) is 9.50. The van der Waals surface area contributed by atoms with Crippen LogP contribution in [-0.2, 0) is 25.9 Å². The molecular formula is C27H37N3O5S. The van der Waals surface area contributed by atoms with Gasteiger partial charge in [-0.1, -0.05) is 24.3 Å². The number of hydrogen-bond acceptors (Lipinski definition) is 7. The lowest BCUT2D eigenvalue weighted by molar-refractivity contribution is -0.136. The largest absolute Gasteiger partial charge is 0.497 e. The van der Waals surface area contributed by atoms with Gasteiger partial charge in [-0.25, -0.2) is 8.42 Å². The van der Waals surface area contributed by atoms with Crippen LogP contribution in [0.1, 0.15) is 42.5 Å². The van der Waals surface area contributed by atoms with E-state index in [-0.39, 0.29) is 19.1 Å². The average Bonchev–Trinajstić information content (AvgIpc) is 3.39. The molecule has 0 fully saturated rings. The quantitative estimate of drug-likeness (QED) is 0.436. The Morgan fingerprint density at radius 2 is 1.83 bits per heavy atom. The Morgan fingerprint density at radius 3 is 2.39 bits per heavy atom. The van der Waals surface area contributed by atoms with Crippen molar-refractivity contribution in [1.29, 1.82) is 0 Å². The van der Waals surface area contributed by atoms with Crippen molar-refractivity contribution in [3.8, 4) is 5.75 Å². The molecule has 0 aromatic heterocycles. The average molecular weight is 516 g/mol. The van der Waals surface area contributed by atoms with E-state index in [0.717, 1.165) is 30.1 Å². The molecule has 9 heteroatoms. The van der Waals surface area contributed by atoms with E-state index >= 15 is 0 Å². The van der Waals surface area contributed by atoms with Gasteiger partial charge < -0.3 is 19.7 Å². The molecule has 1 unspecified atom stereocenters. The van der Waals surface area contributed by atoms with Crippen molar-refractivity contribution >= 4 is 21.6 Å². The van der Waals surface area contributed by atoms with E-state index in [1.165, 1.54) is 0 Å². The first kappa shape index (κ1) is 27.7. The number of hydrogen-bond donors (Lipinski definition) is 1. The minimum absolute atomic E-state index is 0.0833. The molecule has 0 saturated heterocycles. The molecule has 8 nitrogen and oxygen atoms in total. The van der Waals surface area contributed by atoms with Gasteiger partial charge in [0.05, 0.1) is 23.8 Å². The third-order valence-electron chi connectivity index (χ3n) is 6.39. The highest BCUT2D eigenvalue weighted by Crippen LogP contribution is 2.29. The van der Waals surface area contributed by atoms with Gasteiger partial charge >= 0.3 is 0 Å². The van der Waals surface area contributed by atoms with Gasteiger partial charge in [0.2, 0.25) is 5.91 Å². The first-order valence-electron chi connectivity index (χ1n) is 12.3. The number of nitrogens with zero attached hydrogens (tertiary/aromatic N) is 2. The number of nitrogens with one attached hydrogen (secondary N) is 1. The molecule has 0 radical (unpaired) electrons. The minimum atomic E-state index is -3.54. The van der Waals surface area contributed by atoms with Crippen molar-refractivity contribution in [2.24, 2.45) is 4.99 Å². The summed E-state index contributed by atoms with van der Waals surface area (Å²) in [6.07, 6.45) is 0.298. The van der Waals surface area contributed by atoms with E-state index < -0.39 is 15.1 Å². The van der Waals surface area contributed by atoms with E-state index in [0.29, 0.717) is 41.3 Å². The van der Waals surface area contributed by atoms with Crippen molar-refractivity contribution in [2.45, 2.75) is 50.8 Å². The number of ether oxygens (including phenoxy) is 2. The number of carbonyl (C=O) groups is 1. The number of rotatable bonds is 12. The molecule has 0 saturated carbocycles. The third-order valence-corrected chi connectivity index (χ3v) is 8.90. The summed E-state index contributed by atoms with van der Waals surface area (Å²) in [6, 6.07) is 11.5. The summed E-state index contributed by atoms with van der Waals surface area (Å²) in [6.45, 7) is 9.95. The number of likely N-dealkylation sites (N-methyl/N-ethyl adjacent to an activating group) is 1. The highest BCUT2D eigenvalue weighted by atomic mass is 32.2. The molecule has 1 heterocycles. The second-order valence-corrected chi connectivity index (χ2v) is 11.4. The van der Waals surface area contributed by atoms with Crippen LogP contribution in [-0.4, -0.2) is 70.3 Å². The minimum Gasteiger partial charge on any atom is -0.497 e. The van der Waals surface area contributed by atoms with Gasteiger partial charge in [-0.05, 0) is 62.9 Å². The van der Waals surface area contributed by atoms with Crippen LogP contribution in [0.15, 0.2) is 46.3 Å². The molecule has 1 atom stereocenters. The van der Waals surface area contributed by atoms with Gasteiger partial charge in [0.25, 0.3) is 0 Å². The standard InChI is InChI=1S/C27H37N3O5S/c1-6-30(17-22-7-9-23(10-8-22)27-28-12-13-29-27)25(31)18-35-14-11-21(4)36(32,33)26-19(2)15-24(34-5)16-20(26)3/h7-10,15-16,21H,6,11-14,17-18H2,1-5H3,(H,28,29). The fourth-order valence-corrected chi connectivity index (χ4v) is 6.11. The zero-order valence-corrected chi connectivity index (χ0v) is 22.7. The van der Waals surface area contributed by atoms with Crippen molar-refractivity contribution in [2.75, 3.05) is 40.0 Å². The summed E-state index contributed by atoms with van der Waals surface area (Å²) >= 11 is 0. The van der Waals surface area contributed by atoms with E-state index in [1.807, 2.05) is 31.2 Å². The van der Waals surface area contributed by atoms with Crippen molar-refractivity contribution < 1.29 is 22.7 Å². The molecule has 1 N–H and O–H groups in total. The second kappa shape index (κ2) is 12.4. The third kappa shape index (κ3) is 6.64. The Bertz CT molecular complexity index is 1170. The predicted octanol–water partition coefficient (Wildman–Crippen LogP) is 3.28. The maximum absolute atomic E-state index is 13.2. The molecule has 3 rings (SSSR count). The topological polar surface area (TPSA) is 97.3 Å². The SMILES string of the molecule is CCN(Cc1ccc(C2=NCCN2)cc1)C(=O)COCCC(C)S(=O)(=O)c1c(C)cc(OC)cc1C. The highest BCUT2D eigenvalue weighted by molar-refractivity contribution is 7.92. The summed E-state index contributed by atoms with van der Waals surface area (Å²) in [5.74, 6) is 1.42. The summed E-state index contributed by atoms with van der Waals surface area (Å²) in [4.78, 5) is 19.2. The Morgan fingerprint density at radius 1 is 1.17 bits per heavy atom. The van der Waals surface area contributed by atoms with Crippen LogP contribution in [0.2, 0.25) is 0 Å². The molecule has 0 aliphatic carbocycles. The zero-order valence-electron chi connectivity index (χ0n) is 21.8. The number of aryl methyl sites for hydroxylation is 2. The van der Waals surface area contributed by atoms with Gasteiger partial charge in [-0.3, -0.25) is 9.79 Å². The number of benzene rings is 2. The molecular weight excluding hydrogens is 478 g/mol. The maximum atomic E-state index is 13.2.